The first-order valence-corrected chi connectivity index (χ1v) is 11.9. The minimum atomic E-state index is -0.780. The maximum atomic E-state index is 12.7. The molecule has 2 aliphatic heterocycles. The molecule has 4 rings (SSSR count). The number of carbonyl (C=O) groups is 2. The molecule has 1 N–H and O–H groups in total. The van der Waals surface area contributed by atoms with Gasteiger partial charge in [-0.25, -0.2) is 9.69 Å². The minimum Gasteiger partial charge on any atom is -0.504 e. The second-order valence-corrected chi connectivity index (χ2v) is 9.01. The molecule has 182 valence electrons. The fraction of sp³-hybridized carbons (Fsp3) is 0.440. The van der Waals surface area contributed by atoms with E-state index in [9.17, 15) is 14.7 Å². The van der Waals surface area contributed by atoms with Crippen LogP contribution in [0, 0.1) is 0 Å². The molecule has 1 unspecified atom stereocenters. The second-order valence-electron chi connectivity index (χ2n) is 8.57. The van der Waals surface area contributed by atoms with E-state index in [1.807, 2.05) is 24.3 Å². The van der Waals surface area contributed by atoms with Gasteiger partial charge < -0.3 is 19.5 Å². The number of carbonyl (C=O) groups excluding carboxylic acids is 2. The number of piperazine rings is 1. The van der Waals surface area contributed by atoms with Crippen molar-refractivity contribution in [3.8, 4) is 11.5 Å². The van der Waals surface area contributed by atoms with Crippen LogP contribution in [-0.4, -0.2) is 79.4 Å². The van der Waals surface area contributed by atoms with Gasteiger partial charge in [-0.05, 0) is 61.7 Å². The average Bonchev–Trinajstić information content (AvgIpc) is 3.11. The zero-order valence-electron chi connectivity index (χ0n) is 19.3. The number of halogens is 1. The standard InChI is InChI=1S/C25H30ClN3O5/c1-33-22-8-6-18(16-21(22)30)7-9-23-24(31)29(25(32)34-23)11-3-10-27-12-14-28(15-13-27)20-5-2-4-19(26)17-20/h2,4-6,8,16-17,23,30H,3,7,9-15H2,1H3. The van der Waals surface area contributed by atoms with Crippen LogP contribution in [0.5, 0.6) is 11.5 Å². The molecule has 2 aromatic rings. The largest absolute Gasteiger partial charge is 0.504 e. The van der Waals surface area contributed by atoms with E-state index in [0.29, 0.717) is 31.6 Å². The maximum absolute atomic E-state index is 12.7. The molecule has 34 heavy (non-hydrogen) atoms. The molecular formula is C25H30ClN3O5. The van der Waals surface area contributed by atoms with Crippen molar-refractivity contribution in [1.82, 2.24) is 9.80 Å². The van der Waals surface area contributed by atoms with Crippen LogP contribution in [0.1, 0.15) is 18.4 Å². The number of ether oxygens (including phenoxy) is 2. The van der Waals surface area contributed by atoms with Gasteiger partial charge in [-0.3, -0.25) is 9.69 Å². The predicted octanol–water partition coefficient (Wildman–Crippen LogP) is 3.55. The number of rotatable bonds is 9. The highest BCUT2D eigenvalue weighted by Gasteiger charge is 2.39. The van der Waals surface area contributed by atoms with Crippen LogP contribution >= 0.6 is 11.6 Å². The quantitative estimate of drug-likeness (QED) is 0.579. The van der Waals surface area contributed by atoms with Crippen LogP contribution < -0.4 is 9.64 Å². The molecule has 2 heterocycles. The highest BCUT2D eigenvalue weighted by atomic mass is 35.5. The van der Waals surface area contributed by atoms with Crippen molar-refractivity contribution in [3.05, 3.63) is 53.1 Å². The number of anilines is 1. The summed E-state index contributed by atoms with van der Waals surface area (Å²) in [6.07, 6.45) is 0.234. The number of phenols is 1. The molecule has 0 saturated carbocycles. The number of benzene rings is 2. The van der Waals surface area contributed by atoms with Gasteiger partial charge in [-0.1, -0.05) is 23.7 Å². The zero-order valence-corrected chi connectivity index (χ0v) is 20.0. The molecule has 2 fully saturated rings. The number of methoxy groups -OCH3 is 1. The SMILES string of the molecule is COc1ccc(CCC2OC(=O)N(CCCN3CCN(c4cccc(Cl)c4)CC3)C2=O)cc1O. The van der Waals surface area contributed by atoms with Crippen molar-refractivity contribution in [1.29, 1.82) is 0 Å². The fourth-order valence-corrected chi connectivity index (χ4v) is 4.61. The number of nitrogens with zero attached hydrogens (tertiary/aromatic N) is 3. The Morgan fingerprint density at radius 1 is 1.09 bits per heavy atom. The number of phenolic OH excluding ortho intramolecular Hbond substituents is 1. The number of aryl methyl sites for hydroxylation is 1. The van der Waals surface area contributed by atoms with Crippen molar-refractivity contribution < 1.29 is 24.2 Å². The van der Waals surface area contributed by atoms with Crippen LogP contribution in [-0.2, 0) is 16.0 Å². The summed E-state index contributed by atoms with van der Waals surface area (Å²) < 4.78 is 10.4. The average molecular weight is 488 g/mol. The number of amides is 2. The molecule has 2 saturated heterocycles. The Morgan fingerprint density at radius 3 is 2.59 bits per heavy atom. The maximum Gasteiger partial charge on any atom is 0.417 e. The van der Waals surface area contributed by atoms with Gasteiger partial charge in [-0.2, -0.15) is 0 Å². The Kier molecular flexibility index (Phi) is 7.80. The van der Waals surface area contributed by atoms with Crippen LogP contribution in [0.4, 0.5) is 10.5 Å². The summed E-state index contributed by atoms with van der Waals surface area (Å²) in [4.78, 5) is 30.8. The number of hydrogen-bond acceptors (Lipinski definition) is 7. The van der Waals surface area contributed by atoms with Crippen LogP contribution in [0.25, 0.3) is 0 Å². The van der Waals surface area contributed by atoms with Crippen molar-refractivity contribution in [2.24, 2.45) is 0 Å². The summed E-state index contributed by atoms with van der Waals surface area (Å²) in [6.45, 7) is 4.83. The lowest BCUT2D eigenvalue weighted by Crippen LogP contribution is -2.47. The lowest BCUT2D eigenvalue weighted by molar-refractivity contribution is -0.129. The number of aromatic hydroxyl groups is 1. The lowest BCUT2D eigenvalue weighted by atomic mass is 10.1. The Bertz CT molecular complexity index is 1030. The van der Waals surface area contributed by atoms with Crippen LogP contribution in [0.2, 0.25) is 5.02 Å². The van der Waals surface area contributed by atoms with E-state index in [2.05, 4.69) is 15.9 Å². The van der Waals surface area contributed by atoms with E-state index in [0.717, 1.165) is 49.0 Å². The Labute approximate surface area is 204 Å². The Hall–Kier alpha value is -2.97. The molecule has 0 aliphatic carbocycles. The van der Waals surface area contributed by atoms with Crippen molar-refractivity contribution in [3.63, 3.8) is 0 Å². The molecular weight excluding hydrogens is 458 g/mol. The normalized spacial score (nSPS) is 18.9. The van der Waals surface area contributed by atoms with Gasteiger partial charge in [0.25, 0.3) is 5.91 Å². The van der Waals surface area contributed by atoms with E-state index in [1.54, 1.807) is 12.1 Å². The molecule has 8 nitrogen and oxygen atoms in total. The van der Waals surface area contributed by atoms with Gasteiger partial charge in [0, 0.05) is 43.4 Å². The summed E-state index contributed by atoms with van der Waals surface area (Å²) in [5.41, 5.74) is 1.98. The molecule has 2 aliphatic rings. The summed E-state index contributed by atoms with van der Waals surface area (Å²) >= 11 is 6.10. The van der Waals surface area contributed by atoms with Gasteiger partial charge in [-0.15, -0.1) is 0 Å². The molecule has 1 atom stereocenters. The van der Waals surface area contributed by atoms with E-state index in [-0.39, 0.29) is 11.7 Å². The third-order valence-electron chi connectivity index (χ3n) is 6.35. The molecule has 0 radical (unpaired) electrons. The number of imide groups is 1. The first kappa shape index (κ1) is 24.2. The highest BCUT2D eigenvalue weighted by molar-refractivity contribution is 6.30. The van der Waals surface area contributed by atoms with E-state index >= 15 is 0 Å². The van der Waals surface area contributed by atoms with E-state index in [1.165, 1.54) is 12.0 Å². The number of hydrogen-bond donors (Lipinski definition) is 1. The fourth-order valence-electron chi connectivity index (χ4n) is 4.43. The van der Waals surface area contributed by atoms with E-state index < -0.39 is 12.2 Å². The van der Waals surface area contributed by atoms with Crippen LogP contribution in [0.3, 0.4) is 0 Å². The second kappa shape index (κ2) is 11.0. The smallest absolute Gasteiger partial charge is 0.417 e. The zero-order chi connectivity index (χ0) is 24.1. The molecule has 2 amide bonds. The first-order valence-electron chi connectivity index (χ1n) is 11.6. The summed E-state index contributed by atoms with van der Waals surface area (Å²) in [5.74, 6) is 0.155. The first-order chi connectivity index (χ1) is 16.4. The third kappa shape index (κ3) is 5.74. The molecule has 2 aromatic carbocycles. The van der Waals surface area contributed by atoms with Crippen molar-refractivity contribution >= 4 is 29.3 Å². The van der Waals surface area contributed by atoms with Crippen LogP contribution in [0.15, 0.2) is 42.5 Å². The third-order valence-corrected chi connectivity index (χ3v) is 6.58. The molecule has 0 bridgehead atoms. The number of cyclic esters (lactones) is 1. The van der Waals surface area contributed by atoms with Gasteiger partial charge in [0.1, 0.15) is 0 Å². The van der Waals surface area contributed by atoms with Gasteiger partial charge >= 0.3 is 6.09 Å². The highest BCUT2D eigenvalue weighted by Crippen LogP contribution is 2.28. The van der Waals surface area contributed by atoms with Crippen molar-refractivity contribution in [2.75, 3.05) is 51.3 Å². The Morgan fingerprint density at radius 2 is 1.88 bits per heavy atom. The monoisotopic (exact) mass is 487 g/mol. The Balaban J connectivity index is 1.19. The molecule has 0 spiro atoms. The summed E-state index contributed by atoms with van der Waals surface area (Å²) in [5, 5.41) is 10.6. The van der Waals surface area contributed by atoms with Gasteiger partial charge in [0.05, 0.1) is 7.11 Å². The predicted molar refractivity (Wildman–Crippen MR) is 130 cm³/mol. The minimum absolute atomic E-state index is 0.0461. The van der Waals surface area contributed by atoms with Gasteiger partial charge in [0.2, 0.25) is 0 Å². The summed E-state index contributed by atoms with van der Waals surface area (Å²) in [7, 11) is 1.49. The van der Waals surface area contributed by atoms with Crippen molar-refractivity contribution in [2.45, 2.75) is 25.4 Å². The topological polar surface area (TPSA) is 82.6 Å². The molecule has 9 heteroatoms. The van der Waals surface area contributed by atoms with E-state index in [4.69, 9.17) is 21.1 Å². The molecule has 0 aromatic heterocycles. The lowest BCUT2D eigenvalue weighted by Gasteiger charge is -2.36. The summed E-state index contributed by atoms with van der Waals surface area (Å²) in [6, 6.07) is 13.0. The van der Waals surface area contributed by atoms with Gasteiger partial charge in [0.15, 0.2) is 17.6 Å².